The summed E-state index contributed by atoms with van der Waals surface area (Å²) < 4.78 is 27.0. The van der Waals surface area contributed by atoms with Crippen LogP contribution in [0.4, 0.5) is 5.69 Å². The van der Waals surface area contributed by atoms with E-state index in [-0.39, 0.29) is 10.8 Å². The van der Waals surface area contributed by atoms with E-state index in [1.54, 1.807) is 30.0 Å². The summed E-state index contributed by atoms with van der Waals surface area (Å²) in [5, 5.41) is 0. The van der Waals surface area contributed by atoms with Crippen LogP contribution < -0.4 is 15.4 Å². The van der Waals surface area contributed by atoms with Crippen LogP contribution in [0.2, 0.25) is 0 Å². The number of carbonyl (C=O) groups excluding carboxylic acids is 1. The number of sulfonamides is 1. The topological polar surface area (TPSA) is 92.5 Å². The predicted octanol–water partition coefficient (Wildman–Crippen LogP) is 1.64. The minimum absolute atomic E-state index is 0.00764. The molecule has 0 fully saturated rings. The van der Waals surface area contributed by atoms with Crippen LogP contribution in [0.5, 0.6) is 0 Å². The number of anilines is 1. The molecule has 0 radical (unpaired) electrons. The quantitative estimate of drug-likeness (QED) is 0.779. The van der Waals surface area contributed by atoms with Crippen molar-refractivity contribution in [2.45, 2.75) is 44.9 Å². The SMILES string of the molecule is CCNS(=O)(=O)c1ccc2c(c1)N(C(=O)C(CC)(CC)CN)CC2. The summed E-state index contributed by atoms with van der Waals surface area (Å²) >= 11 is 0. The van der Waals surface area contributed by atoms with Crippen LogP contribution in [0, 0.1) is 5.41 Å². The Morgan fingerprint density at radius 1 is 1.29 bits per heavy atom. The monoisotopic (exact) mass is 353 g/mol. The number of hydrogen-bond donors (Lipinski definition) is 2. The molecular formula is C17H27N3O3S. The highest BCUT2D eigenvalue weighted by Gasteiger charge is 2.39. The Bertz CT molecular complexity index is 704. The van der Waals surface area contributed by atoms with Crippen LogP contribution in [0.25, 0.3) is 0 Å². The first-order chi connectivity index (χ1) is 11.3. The molecule has 1 amide bonds. The molecule has 3 N–H and O–H groups in total. The van der Waals surface area contributed by atoms with Gasteiger partial charge in [0.25, 0.3) is 0 Å². The van der Waals surface area contributed by atoms with Crippen molar-refractivity contribution in [3.8, 4) is 0 Å². The van der Waals surface area contributed by atoms with E-state index in [0.29, 0.717) is 38.2 Å². The van der Waals surface area contributed by atoms with Gasteiger partial charge < -0.3 is 10.6 Å². The second kappa shape index (κ2) is 7.21. The number of hydrogen-bond acceptors (Lipinski definition) is 4. The number of amides is 1. The zero-order chi connectivity index (χ0) is 18.0. The Morgan fingerprint density at radius 2 is 1.96 bits per heavy atom. The van der Waals surface area contributed by atoms with Crippen LogP contribution in [-0.2, 0) is 21.2 Å². The van der Waals surface area contributed by atoms with E-state index in [4.69, 9.17) is 5.73 Å². The molecule has 0 spiro atoms. The number of carbonyl (C=O) groups is 1. The number of nitrogens with one attached hydrogen (secondary N) is 1. The van der Waals surface area contributed by atoms with Gasteiger partial charge in [-0.05, 0) is 37.0 Å². The van der Waals surface area contributed by atoms with Crippen LogP contribution in [-0.4, -0.2) is 34.0 Å². The third-order valence-electron chi connectivity index (χ3n) is 5.04. The largest absolute Gasteiger partial charge is 0.329 e. The third-order valence-corrected chi connectivity index (χ3v) is 6.58. The van der Waals surface area contributed by atoms with Gasteiger partial charge >= 0.3 is 0 Å². The fourth-order valence-corrected chi connectivity index (χ4v) is 4.29. The minimum Gasteiger partial charge on any atom is -0.329 e. The minimum atomic E-state index is -3.55. The average molecular weight is 353 g/mol. The van der Waals surface area contributed by atoms with E-state index < -0.39 is 15.4 Å². The third kappa shape index (κ3) is 3.20. The average Bonchev–Trinajstić information content (AvgIpc) is 2.99. The molecule has 0 aliphatic carbocycles. The predicted molar refractivity (Wildman–Crippen MR) is 95.4 cm³/mol. The van der Waals surface area contributed by atoms with Crippen molar-refractivity contribution in [3.05, 3.63) is 23.8 Å². The zero-order valence-electron chi connectivity index (χ0n) is 14.6. The summed E-state index contributed by atoms with van der Waals surface area (Å²) in [6.07, 6.45) is 2.07. The molecule has 134 valence electrons. The molecule has 0 saturated heterocycles. The maximum Gasteiger partial charge on any atom is 0.240 e. The lowest BCUT2D eigenvalue weighted by Gasteiger charge is -2.33. The maximum absolute atomic E-state index is 13.1. The van der Waals surface area contributed by atoms with E-state index in [9.17, 15) is 13.2 Å². The van der Waals surface area contributed by atoms with Crippen molar-refractivity contribution in [3.63, 3.8) is 0 Å². The first kappa shape index (κ1) is 18.9. The molecule has 24 heavy (non-hydrogen) atoms. The Labute approximate surface area is 144 Å². The number of rotatable bonds is 7. The van der Waals surface area contributed by atoms with E-state index in [0.717, 1.165) is 12.0 Å². The van der Waals surface area contributed by atoms with Gasteiger partial charge in [-0.3, -0.25) is 4.79 Å². The maximum atomic E-state index is 13.1. The van der Waals surface area contributed by atoms with Gasteiger partial charge in [0.1, 0.15) is 0 Å². The summed E-state index contributed by atoms with van der Waals surface area (Å²) in [6, 6.07) is 5.00. The van der Waals surface area contributed by atoms with Crippen molar-refractivity contribution in [2.24, 2.45) is 11.1 Å². The number of fused-ring (bicyclic) bond motifs is 1. The molecule has 1 aromatic carbocycles. The molecule has 1 aromatic rings. The van der Waals surface area contributed by atoms with Gasteiger partial charge in [-0.2, -0.15) is 0 Å². The lowest BCUT2D eigenvalue weighted by Crippen LogP contribution is -2.47. The van der Waals surface area contributed by atoms with Crippen LogP contribution in [0.15, 0.2) is 23.1 Å². The molecule has 6 nitrogen and oxygen atoms in total. The first-order valence-electron chi connectivity index (χ1n) is 8.49. The lowest BCUT2D eigenvalue weighted by molar-refractivity contribution is -0.128. The van der Waals surface area contributed by atoms with E-state index in [1.165, 1.54) is 0 Å². The highest BCUT2D eigenvalue weighted by molar-refractivity contribution is 7.89. The summed E-state index contributed by atoms with van der Waals surface area (Å²) in [4.78, 5) is 15.0. The standard InChI is InChI=1S/C17H27N3O3S/c1-4-17(5-2,12-18)16(21)20-10-9-13-7-8-14(11-15(13)20)24(22,23)19-6-3/h7-8,11,19H,4-6,9-10,12,18H2,1-3H3. The summed E-state index contributed by atoms with van der Waals surface area (Å²) in [5.41, 5.74) is 7.01. The first-order valence-corrected chi connectivity index (χ1v) is 9.98. The number of nitrogens with zero attached hydrogens (tertiary/aromatic N) is 1. The van der Waals surface area contributed by atoms with Crippen molar-refractivity contribution < 1.29 is 13.2 Å². The lowest BCUT2D eigenvalue weighted by atomic mass is 9.81. The smallest absolute Gasteiger partial charge is 0.240 e. The molecule has 1 aliphatic heterocycles. The molecule has 2 rings (SSSR count). The van der Waals surface area contributed by atoms with Crippen molar-refractivity contribution in [1.29, 1.82) is 0 Å². The Balaban J connectivity index is 2.43. The molecule has 0 aromatic heterocycles. The zero-order valence-corrected chi connectivity index (χ0v) is 15.4. The number of benzene rings is 1. The Morgan fingerprint density at radius 3 is 2.50 bits per heavy atom. The fourth-order valence-electron chi connectivity index (χ4n) is 3.23. The summed E-state index contributed by atoms with van der Waals surface area (Å²) in [5.74, 6) is -0.00764. The molecule has 1 heterocycles. The molecular weight excluding hydrogens is 326 g/mol. The van der Waals surface area contributed by atoms with Crippen molar-refractivity contribution in [2.75, 3.05) is 24.5 Å². The molecule has 0 bridgehead atoms. The molecule has 0 unspecified atom stereocenters. The van der Waals surface area contributed by atoms with Crippen LogP contribution >= 0.6 is 0 Å². The van der Waals surface area contributed by atoms with Gasteiger partial charge in [0.05, 0.1) is 10.3 Å². The highest BCUT2D eigenvalue weighted by Crippen LogP contribution is 2.36. The molecule has 7 heteroatoms. The summed E-state index contributed by atoms with van der Waals surface area (Å²) in [6.45, 7) is 6.86. The van der Waals surface area contributed by atoms with Gasteiger partial charge in [0.2, 0.25) is 15.9 Å². The Hall–Kier alpha value is -1.44. The van der Waals surface area contributed by atoms with E-state index in [2.05, 4.69) is 4.72 Å². The van der Waals surface area contributed by atoms with Gasteiger partial charge in [-0.1, -0.05) is 26.8 Å². The molecule has 0 atom stereocenters. The van der Waals surface area contributed by atoms with Crippen molar-refractivity contribution >= 4 is 21.6 Å². The number of nitrogens with two attached hydrogens (primary N) is 1. The normalized spacial score (nSPS) is 14.8. The van der Waals surface area contributed by atoms with Gasteiger partial charge in [-0.25, -0.2) is 13.1 Å². The highest BCUT2D eigenvalue weighted by atomic mass is 32.2. The summed E-state index contributed by atoms with van der Waals surface area (Å²) in [7, 11) is -3.55. The molecule has 1 aliphatic rings. The van der Waals surface area contributed by atoms with Crippen molar-refractivity contribution in [1.82, 2.24) is 4.72 Å². The van der Waals surface area contributed by atoms with Crippen LogP contribution in [0.1, 0.15) is 39.2 Å². The van der Waals surface area contributed by atoms with Gasteiger partial charge in [0.15, 0.2) is 0 Å². The van der Waals surface area contributed by atoms with E-state index in [1.807, 2.05) is 13.8 Å². The van der Waals surface area contributed by atoms with E-state index >= 15 is 0 Å². The second-order valence-corrected chi connectivity index (χ2v) is 7.96. The fraction of sp³-hybridized carbons (Fsp3) is 0.588. The second-order valence-electron chi connectivity index (χ2n) is 6.19. The Kier molecular flexibility index (Phi) is 5.67. The van der Waals surface area contributed by atoms with Gasteiger partial charge in [0, 0.05) is 25.3 Å². The molecule has 0 saturated carbocycles. The van der Waals surface area contributed by atoms with Gasteiger partial charge in [-0.15, -0.1) is 0 Å². The van der Waals surface area contributed by atoms with Crippen LogP contribution in [0.3, 0.4) is 0 Å².